The van der Waals surface area contributed by atoms with Crippen LogP contribution in [0, 0.1) is 0 Å². The molecule has 1 atom stereocenters. The van der Waals surface area contributed by atoms with Crippen LogP contribution in [0.2, 0.25) is 0 Å². The number of esters is 1. The second-order valence-electron chi connectivity index (χ2n) is 4.37. The van der Waals surface area contributed by atoms with Gasteiger partial charge in [0.2, 0.25) is 0 Å². The van der Waals surface area contributed by atoms with Crippen LogP contribution in [0.4, 0.5) is 0 Å². The third kappa shape index (κ3) is 3.27. The molecule has 94 valence electrons. The third-order valence-electron chi connectivity index (χ3n) is 3.00. The summed E-state index contributed by atoms with van der Waals surface area (Å²) < 4.78 is 5.02. The number of pyridine rings is 1. The molecule has 4 heteroatoms. The van der Waals surface area contributed by atoms with Crippen molar-refractivity contribution in [3.63, 3.8) is 0 Å². The zero-order chi connectivity index (χ0) is 12.9. The van der Waals surface area contributed by atoms with Crippen molar-refractivity contribution in [2.45, 2.75) is 25.8 Å². The second kappa shape index (κ2) is 5.77. The Balaban J connectivity index is 2.94. The van der Waals surface area contributed by atoms with E-state index in [1.54, 1.807) is 6.20 Å². The Bertz CT molecular complexity index is 365. The standard InChI is InChI=1S/C13H20N2O2/c1-5-17-12(16)10-13(2,15(3)4)11-8-6-7-9-14-11/h6-9H,5,10H2,1-4H3. The van der Waals surface area contributed by atoms with Crippen LogP contribution in [0.5, 0.6) is 0 Å². The van der Waals surface area contributed by atoms with E-state index in [4.69, 9.17) is 4.74 Å². The molecule has 4 nitrogen and oxygen atoms in total. The molecule has 0 aromatic carbocycles. The van der Waals surface area contributed by atoms with Gasteiger partial charge in [0.1, 0.15) is 0 Å². The van der Waals surface area contributed by atoms with Crippen LogP contribution in [-0.4, -0.2) is 36.6 Å². The van der Waals surface area contributed by atoms with E-state index in [2.05, 4.69) is 4.98 Å². The SMILES string of the molecule is CCOC(=O)CC(C)(c1ccccn1)N(C)C. The minimum atomic E-state index is -0.437. The van der Waals surface area contributed by atoms with Crippen molar-refractivity contribution in [3.05, 3.63) is 30.1 Å². The molecule has 0 aliphatic heterocycles. The summed E-state index contributed by atoms with van der Waals surface area (Å²) in [4.78, 5) is 18.0. The van der Waals surface area contributed by atoms with Gasteiger partial charge in [0, 0.05) is 6.20 Å². The maximum atomic E-state index is 11.7. The fourth-order valence-corrected chi connectivity index (χ4v) is 1.65. The Kier molecular flexibility index (Phi) is 4.63. The average Bonchev–Trinajstić information content (AvgIpc) is 2.30. The van der Waals surface area contributed by atoms with Gasteiger partial charge in [-0.1, -0.05) is 6.07 Å². The van der Waals surface area contributed by atoms with Gasteiger partial charge in [0.15, 0.2) is 0 Å². The van der Waals surface area contributed by atoms with Crippen molar-refractivity contribution in [2.75, 3.05) is 20.7 Å². The summed E-state index contributed by atoms with van der Waals surface area (Å²) in [7, 11) is 3.88. The smallest absolute Gasteiger partial charge is 0.308 e. The Labute approximate surface area is 103 Å². The van der Waals surface area contributed by atoms with E-state index in [-0.39, 0.29) is 5.97 Å². The molecule has 0 spiro atoms. The van der Waals surface area contributed by atoms with Crippen LogP contribution in [0.15, 0.2) is 24.4 Å². The maximum Gasteiger partial charge on any atom is 0.308 e. The lowest BCUT2D eigenvalue weighted by Crippen LogP contribution is -2.41. The molecule has 0 aliphatic carbocycles. The van der Waals surface area contributed by atoms with Gasteiger partial charge in [-0.2, -0.15) is 0 Å². The van der Waals surface area contributed by atoms with Gasteiger partial charge in [0.25, 0.3) is 0 Å². The van der Waals surface area contributed by atoms with Crippen LogP contribution in [0.3, 0.4) is 0 Å². The van der Waals surface area contributed by atoms with Gasteiger partial charge in [0.05, 0.1) is 24.3 Å². The fourth-order valence-electron chi connectivity index (χ4n) is 1.65. The number of hydrogen-bond acceptors (Lipinski definition) is 4. The summed E-state index contributed by atoms with van der Waals surface area (Å²) >= 11 is 0. The molecule has 0 radical (unpaired) electrons. The molecular weight excluding hydrogens is 216 g/mol. The molecule has 1 aromatic heterocycles. The number of aromatic nitrogens is 1. The average molecular weight is 236 g/mol. The molecule has 17 heavy (non-hydrogen) atoms. The van der Waals surface area contributed by atoms with Gasteiger partial charge in [-0.05, 0) is 40.1 Å². The van der Waals surface area contributed by atoms with Crippen LogP contribution in [0.1, 0.15) is 26.0 Å². The molecule has 1 heterocycles. The lowest BCUT2D eigenvalue weighted by atomic mass is 9.91. The quantitative estimate of drug-likeness (QED) is 0.731. The number of ether oxygens (including phenoxy) is 1. The summed E-state index contributed by atoms with van der Waals surface area (Å²) in [6, 6.07) is 5.72. The molecule has 0 fully saturated rings. The minimum absolute atomic E-state index is 0.200. The van der Waals surface area contributed by atoms with Gasteiger partial charge in [-0.15, -0.1) is 0 Å². The summed E-state index contributed by atoms with van der Waals surface area (Å²) in [6.07, 6.45) is 2.03. The molecule has 0 bridgehead atoms. The Morgan fingerprint density at radius 1 is 1.47 bits per heavy atom. The molecule has 1 rings (SSSR count). The predicted octanol–water partition coefficient (Wildman–Crippen LogP) is 1.81. The van der Waals surface area contributed by atoms with E-state index in [0.29, 0.717) is 13.0 Å². The monoisotopic (exact) mass is 236 g/mol. The van der Waals surface area contributed by atoms with E-state index in [0.717, 1.165) is 5.69 Å². The maximum absolute atomic E-state index is 11.7. The van der Waals surface area contributed by atoms with E-state index in [1.165, 1.54) is 0 Å². The van der Waals surface area contributed by atoms with E-state index in [1.807, 2.05) is 51.0 Å². The molecule has 0 aliphatic rings. The van der Waals surface area contributed by atoms with Crippen LogP contribution >= 0.6 is 0 Å². The van der Waals surface area contributed by atoms with Crippen molar-refractivity contribution in [2.24, 2.45) is 0 Å². The fraction of sp³-hybridized carbons (Fsp3) is 0.538. The molecule has 0 amide bonds. The van der Waals surface area contributed by atoms with E-state index >= 15 is 0 Å². The third-order valence-corrected chi connectivity index (χ3v) is 3.00. The number of carbonyl (C=O) groups excluding carboxylic acids is 1. The number of hydrogen-bond donors (Lipinski definition) is 0. The zero-order valence-corrected chi connectivity index (χ0v) is 10.9. The lowest BCUT2D eigenvalue weighted by Gasteiger charge is -2.35. The first-order valence-corrected chi connectivity index (χ1v) is 5.75. The molecule has 0 saturated carbocycles. The molecule has 1 unspecified atom stereocenters. The van der Waals surface area contributed by atoms with Crippen molar-refractivity contribution in [3.8, 4) is 0 Å². The first kappa shape index (κ1) is 13.6. The summed E-state index contributed by atoms with van der Waals surface area (Å²) in [5.74, 6) is -0.200. The highest BCUT2D eigenvalue weighted by Gasteiger charge is 2.33. The number of rotatable bonds is 5. The minimum Gasteiger partial charge on any atom is -0.466 e. The van der Waals surface area contributed by atoms with Crippen LogP contribution in [0.25, 0.3) is 0 Å². The molecular formula is C13H20N2O2. The van der Waals surface area contributed by atoms with E-state index < -0.39 is 5.54 Å². The molecule has 0 saturated heterocycles. The first-order valence-electron chi connectivity index (χ1n) is 5.75. The topological polar surface area (TPSA) is 42.4 Å². The van der Waals surface area contributed by atoms with Crippen molar-refractivity contribution >= 4 is 5.97 Å². The highest BCUT2D eigenvalue weighted by atomic mass is 16.5. The highest BCUT2D eigenvalue weighted by molar-refractivity contribution is 5.71. The van der Waals surface area contributed by atoms with E-state index in [9.17, 15) is 4.79 Å². The van der Waals surface area contributed by atoms with Crippen LogP contribution in [-0.2, 0) is 15.1 Å². The zero-order valence-electron chi connectivity index (χ0n) is 10.9. The Morgan fingerprint density at radius 3 is 2.65 bits per heavy atom. The van der Waals surface area contributed by atoms with Gasteiger partial charge in [-0.3, -0.25) is 14.7 Å². The van der Waals surface area contributed by atoms with Crippen LogP contribution < -0.4 is 0 Å². The Morgan fingerprint density at radius 2 is 2.18 bits per heavy atom. The van der Waals surface area contributed by atoms with Crippen molar-refractivity contribution in [1.82, 2.24) is 9.88 Å². The highest BCUT2D eigenvalue weighted by Crippen LogP contribution is 2.28. The number of nitrogens with zero attached hydrogens (tertiary/aromatic N) is 2. The van der Waals surface area contributed by atoms with Crippen molar-refractivity contribution in [1.29, 1.82) is 0 Å². The summed E-state index contributed by atoms with van der Waals surface area (Å²) in [5, 5.41) is 0. The largest absolute Gasteiger partial charge is 0.466 e. The molecule has 0 N–H and O–H groups in total. The Hall–Kier alpha value is -1.42. The number of carbonyl (C=O) groups is 1. The van der Waals surface area contributed by atoms with Gasteiger partial charge in [-0.25, -0.2) is 0 Å². The molecule has 1 aromatic rings. The second-order valence-corrected chi connectivity index (χ2v) is 4.37. The summed E-state index contributed by atoms with van der Waals surface area (Å²) in [6.45, 7) is 4.21. The van der Waals surface area contributed by atoms with Gasteiger partial charge >= 0.3 is 5.97 Å². The first-order chi connectivity index (χ1) is 8.00. The lowest BCUT2D eigenvalue weighted by molar-refractivity contribution is -0.146. The van der Waals surface area contributed by atoms with Gasteiger partial charge < -0.3 is 4.74 Å². The normalized spacial score (nSPS) is 14.4. The predicted molar refractivity (Wildman–Crippen MR) is 66.5 cm³/mol. The summed E-state index contributed by atoms with van der Waals surface area (Å²) in [5.41, 5.74) is 0.436. The van der Waals surface area contributed by atoms with Crippen molar-refractivity contribution < 1.29 is 9.53 Å².